The summed E-state index contributed by atoms with van der Waals surface area (Å²) in [6, 6.07) is 23.8. The predicted molar refractivity (Wildman–Crippen MR) is 101 cm³/mol. The van der Waals surface area contributed by atoms with E-state index in [0.29, 0.717) is 11.5 Å². The van der Waals surface area contributed by atoms with Crippen LogP contribution in [0.25, 0.3) is 0 Å². The van der Waals surface area contributed by atoms with Crippen LogP contribution in [0.4, 0.5) is 0 Å². The van der Waals surface area contributed by atoms with Crippen LogP contribution in [0.5, 0.6) is 11.5 Å². The Kier molecular flexibility index (Phi) is 7.40. The van der Waals surface area contributed by atoms with Crippen molar-refractivity contribution in [2.24, 2.45) is 0 Å². The van der Waals surface area contributed by atoms with Gasteiger partial charge in [-0.25, -0.2) is 9.59 Å². The molecule has 26 heavy (non-hydrogen) atoms. The minimum absolute atomic E-state index is 0.155. The molecule has 0 amide bonds. The zero-order valence-electron chi connectivity index (χ0n) is 14.1. The molecule has 0 N–H and O–H groups in total. The summed E-state index contributed by atoms with van der Waals surface area (Å²) in [5.41, 5.74) is 0.310. The summed E-state index contributed by atoms with van der Waals surface area (Å²) in [6.45, 7) is 0. The number of halogens is 1. The highest BCUT2D eigenvalue weighted by molar-refractivity contribution is 6.15. The molecule has 0 atom stereocenters. The predicted octanol–water partition coefficient (Wildman–Crippen LogP) is 4.98. The Hall–Kier alpha value is -3.11. The molecule has 0 aliphatic carbocycles. The molecule has 0 aliphatic heterocycles. The Bertz CT molecular complexity index is 776. The van der Waals surface area contributed by atoms with Gasteiger partial charge in [0.15, 0.2) is 0 Å². The third-order valence-electron chi connectivity index (χ3n) is 3.27. The van der Waals surface area contributed by atoms with Gasteiger partial charge in [-0.1, -0.05) is 48.5 Å². The molecule has 3 aromatic rings. The van der Waals surface area contributed by atoms with E-state index in [1.165, 1.54) is 18.5 Å². The van der Waals surface area contributed by atoms with E-state index in [-0.39, 0.29) is 11.1 Å². The topological polar surface area (TPSA) is 52.6 Å². The molecule has 0 saturated carbocycles. The standard InChI is InChI=1S/C20H14O4.CH3Cl/c21-19(23-15-9-3-1-4-10-15)17-13-7-8-14-18(17)20(22)24-16-11-5-2-6-12-16;1-2/h1-14H;1H3. The number of benzene rings is 3. The minimum atomic E-state index is -0.609. The van der Waals surface area contributed by atoms with Gasteiger partial charge in [-0.2, -0.15) is 0 Å². The number of hydrogen-bond acceptors (Lipinski definition) is 4. The summed E-state index contributed by atoms with van der Waals surface area (Å²) in [5, 5.41) is 0. The van der Waals surface area contributed by atoms with Crippen LogP contribution in [-0.4, -0.2) is 18.3 Å². The van der Waals surface area contributed by atoms with Crippen molar-refractivity contribution in [2.75, 3.05) is 6.38 Å². The van der Waals surface area contributed by atoms with Crippen molar-refractivity contribution >= 4 is 23.5 Å². The molecule has 0 radical (unpaired) electrons. The van der Waals surface area contributed by atoms with Crippen LogP contribution in [0.3, 0.4) is 0 Å². The Balaban J connectivity index is 0.00000117. The maximum absolute atomic E-state index is 12.4. The number of carbonyl (C=O) groups is 2. The van der Waals surface area contributed by atoms with Gasteiger partial charge in [-0.3, -0.25) is 0 Å². The third kappa shape index (κ3) is 5.19. The van der Waals surface area contributed by atoms with Gasteiger partial charge in [-0.05, 0) is 36.4 Å². The van der Waals surface area contributed by atoms with Crippen molar-refractivity contribution in [3.05, 3.63) is 96.1 Å². The summed E-state index contributed by atoms with van der Waals surface area (Å²) >= 11 is 4.64. The molecule has 0 spiro atoms. The van der Waals surface area contributed by atoms with Crippen LogP contribution in [0, 0.1) is 0 Å². The number of esters is 2. The first-order chi connectivity index (χ1) is 12.7. The Morgan fingerprint density at radius 1 is 0.577 bits per heavy atom. The fourth-order valence-electron chi connectivity index (χ4n) is 2.14. The van der Waals surface area contributed by atoms with Crippen LogP contribution < -0.4 is 9.47 Å². The van der Waals surface area contributed by atoms with Gasteiger partial charge in [-0.15, -0.1) is 11.6 Å². The van der Waals surface area contributed by atoms with Gasteiger partial charge in [0.1, 0.15) is 11.5 Å². The number of carbonyl (C=O) groups excluding carboxylic acids is 2. The van der Waals surface area contributed by atoms with Gasteiger partial charge in [0.05, 0.1) is 11.1 Å². The zero-order valence-corrected chi connectivity index (χ0v) is 14.8. The normalized spacial score (nSPS) is 9.46. The lowest BCUT2D eigenvalue weighted by atomic mass is 10.1. The van der Waals surface area contributed by atoms with E-state index >= 15 is 0 Å². The molecule has 0 unspecified atom stereocenters. The molecule has 3 aromatic carbocycles. The molecule has 0 aliphatic rings. The van der Waals surface area contributed by atoms with Crippen molar-refractivity contribution in [1.82, 2.24) is 0 Å². The van der Waals surface area contributed by atoms with Crippen molar-refractivity contribution in [3.63, 3.8) is 0 Å². The second kappa shape index (κ2) is 10.0. The summed E-state index contributed by atoms with van der Waals surface area (Å²) in [5.74, 6) is -0.397. The van der Waals surface area contributed by atoms with Crippen molar-refractivity contribution in [2.45, 2.75) is 0 Å². The summed E-state index contributed by atoms with van der Waals surface area (Å²) < 4.78 is 10.6. The number of rotatable bonds is 4. The van der Waals surface area contributed by atoms with Crippen LogP contribution in [0.15, 0.2) is 84.9 Å². The van der Waals surface area contributed by atoms with E-state index in [1.54, 1.807) is 60.7 Å². The molecule has 0 heterocycles. The van der Waals surface area contributed by atoms with Gasteiger partial charge < -0.3 is 9.47 Å². The van der Waals surface area contributed by atoms with E-state index in [0.717, 1.165) is 0 Å². The van der Waals surface area contributed by atoms with Gasteiger partial charge in [0.25, 0.3) is 0 Å². The average Bonchev–Trinajstić information content (AvgIpc) is 2.71. The number of alkyl halides is 1. The number of ether oxygens (including phenoxy) is 2. The number of para-hydroxylation sites is 2. The molecule has 0 saturated heterocycles. The zero-order chi connectivity index (χ0) is 18.8. The highest BCUT2D eigenvalue weighted by Gasteiger charge is 2.20. The molecule has 3 rings (SSSR count). The summed E-state index contributed by atoms with van der Waals surface area (Å²) in [7, 11) is 0. The fourth-order valence-corrected chi connectivity index (χ4v) is 2.14. The van der Waals surface area contributed by atoms with Crippen molar-refractivity contribution in [1.29, 1.82) is 0 Å². The molecule has 0 fully saturated rings. The molecule has 4 nitrogen and oxygen atoms in total. The van der Waals surface area contributed by atoms with E-state index in [2.05, 4.69) is 11.6 Å². The smallest absolute Gasteiger partial charge is 0.344 e. The largest absolute Gasteiger partial charge is 0.423 e. The van der Waals surface area contributed by atoms with Crippen LogP contribution >= 0.6 is 11.6 Å². The minimum Gasteiger partial charge on any atom is -0.423 e. The fraction of sp³-hybridized carbons (Fsp3) is 0.0476. The third-order valence-corrected chi connectivity index (χ3v) is 3.27. The second-order valence-corrected chi connectivity index (χ2v) is 4.95. The first-order valence-corrected chi connectivity index (χ1v) is 8.51. The van der Waals surface area contributed by atoms with E-state index in [4.69, 9.17) is 9.47 Å². The molecular formula is C21H17ClO4. The summed E-state index contributed by atoms with van der Waals surface area (Å²) in [4.78, 5) is 24.7. The van der Waals surface area contributed by atoms with Crippen molar-refractivity contribution < 1.29 is 19.1 Å². The Labute approximate surface area is 156 Å². The van der Waals surface area contributed by atoms with Gasteiger partial charge in [0.2, 0.25) is 0 Å². The maximum Gasteiger partial charge on any atom is 0.344 e. The molecule has 5 heteroatoms. The lowest BCUT2D eigenvalue weighted by Gasteiger charge is -2.09. The van der Waals surface area contributed by atoms with Gasteiger partial charge in [0, 0.05) is 6.38 Å². The Morgan fingerprint density at radius 3 is 1.23 bits per heavy atom. The van der Waals surface area contributed by atoms with E-state index in [9.17, 15) is 9.59 Å². The van der Waals surface area contributed by atoms with Crippen LogP contribution in [0.2, 0.25) is 0 Å². The monoisotopic (exact) mass is 368 g/mol. The number of hydrogen-bond donors (Lipinski definition) is 0. The average molecular weight is 369 g/mol. The Morgan fingerprint density at radius 2 is 0.885 bits per heavy atom. The van der Waals surface area contributed by atoms with Crippen LogP contribution in [0.1, 0.15) is 20.7 Å². The first-order valence-electron chi connectivity index (χ1n) is 7.75. The van der Waals surface area contributed by atoms with Gasteiger partial charge >= 0.3 is 11.9 Å². The maximum atomic E-state index is 12.4. The highest BCUT2D eigenvalue weighted by atomic mass is 35.5. The lowest BCUT2D eigenvalue weighted by molar-refractivity contribution is 0.0692. The quantitative estimate of drug-likeness (QED) is 0.370. The van der Waals surface area contributed by atoms with Crippen molar-refractivity contribution in [3.8, 4) is 11.5 Å². The van der Waals surface area contributed by atoms with E-state index in [1.807, 2.05) is 12.1 Å². The molecule has 0 bridgehead atoms. The SMILES string of the molecule is CCl.O=C(Oc1ccccc1)c1ccccc1C(=O)Oc1ccccc1. The second-order valence-electron chi connectivity index (χ2n) is 4.95. The molecule has 0 aromatic heterocycles. The molecular weight excluding hydrogens is 352 g/mol. The van der Waals surface area contributed by atoms with Crippen LogP contribution in [-0.2, 0) is 0 Å². The van der Waals surface area contributed by atoms with E-state index < -0.39 is 11.9 Å². The molecule has 132 valence electrons. The lowest BCUT2D eigenvalue weighted by Crippen LogP contribution is -2.17. The summed E-state index contributed by atoms with van der Waals surface area (Å²) in [6.07, 6.45) is 1.47. The first kappa shape index (κ1) is 19.2. The highest BCUT2D eigenvalue weighted by Crippen LogP contribution is 2.17.